The molecule has 0 radical (unpaired) electrons. The first-order chi connectivity index (χ1) is 8.27. The van der Waals surface area contributed by atoms with E-state index in [-0.39, 0.29) is 5.91 Å². The number of carbonyl (C=O) groups excluding carboxylic acids is 1. The van der Waals surface area contributed by atoms with Gasteiger partial charge in [-0.25, -0.2) is 0 Å². The fourth-order valence-electron chi connectivity index (χ4n) is 2.52. The lowest BCUT2D eigenvalue weighted by Crippen LogP contribution is -2.45. The highest BCUT2D eigenvalue weighted by molar-refractivity contribution is 5.78. The lowest BCUT2D eigenvalue weighted by molar-refractivity contribution is -0.121. The highest BCUT2D eigenvalue weighted by Gasteiger charge is 2.24. The van der Waals surface area contributed by atoms with Crippen molar-refractivity contribution in [3.05, 3.63) is 0 Å². The summed E-state index contributed by atoms with van der Waals surface area (Å²) >= 11 is 0. The molecule has 0 bridgehead atoms. The molecule has 1 aliphatic rings. The van der Waals surface area contributed by atoms with E-state index in [4.69, 9.17) is 4.74 Å². The van der Waals surface area contributed by atoms with Gasteiger partial charge in [0, 0.05) is 19.7 Å². The van der Waals surface area contributed by atoms with Crippen molar-refractivity contribution in [3.8, 4) is 0 Å². The predicted molar refractivity (Wildman–Crippen MR) is 68.9 cm³/mol. The van der Waals surface area contributed by atoms with Crippen molar-refractivity contribution in [1.82, 2.24) is 10.6 Å². The third-order valence-corrected chi connectivity index (χ3v) is 3.55. The van der Waals surface area contributed by atoms with Crippen molar-refractivity contribution < 1.29 is 9.53 Å². The summed E-state index contributed by atoms with van der Waals surface area (Å²) in [4.78, 5) is 11.7. The molecule has 1 amide bonds. The van der Waals surface area contributed by atoms with Crippen LogP contribution in [0.25, 0.3) is 0 Å². The molecule has 4 nitrogen and oxygen atoms in total. The van der Waals surface area contributed by atoms with E-state index in [9.17, 15) is 4.79 Å². The molecule has 2 atom stereocenters. The lowest BCUT2D eigenvalue weighted by atomic mass is 9.83. The Kier molecular flexibility index (Phi) is 7.21. The zero-order valence-electron chi connectivity index (χ0n) is 11.1. The van der Waals surface area contributed by atoms with E-state index in [1.54, 1.807) is 7.11 Å². The average Bonchev–Trinajstić information content (AvgIpc) is 2.35. The van der Waals surface area contributed by atoms with Crippen molar-refractivity contribution in [2.24, 2.45) is 5.92 Å². The molecule has 0 aromatic carbocycles. The lowest BCUT2D eigenvalue weighted by Gasteiger charge is -2.31. The number of methoxy groups -OCH3 is 1. The number of carbonyl (C=O) groups is 1. The Hall–Kier alpha value is -0.610. The molecule has 0 aromatic rings. The van der Waals surface area contributed by atoms with Crippen LogP contribution in [0.2, 0.25) is 0 Å². The van der Waals surface area contributed by atoms with Crippen LogP contribution in [0.15, 0.2) is 0 Å². The van der Waals surface area contributed by atoms with Crippen molar-refractivity contribution in [3.63, 3.8) is 0 Å². The van der Waals surface area contributed by atoms with Crippen LogP contribution in [0.1, 0.15) is 39.0 Å². The second-order valence-electron chi connectivity index (χ2n) is 4.80. The van der Waals surface area contributed by atoms with Gasteiger partial charge in [0.05, 0.1) is 13.2 Å². The second-order valence-corrected chi connectivity index (χ2v) is 4.80. The van der Waals surface area contributed by atoms with Crippen LogP contribution >= 0.6 is 0 Å². The summed E-state index contributed by atoms with van der Waals surface area (Å²) in [5.74, 6) is 0.790. The van der Waals surface area contributed by atoms with Gasteiger partial charge in [0.15, 0.2) is 0 Å². The molecule has 4 heteroatoms. The Labute approximate surface area is 104 Å². The largest absolute Gasteiger partial charge is 0.383 e. The minimum atomic E-state index is 0.117. The van der Waals surface area contributed by atoms with Crippen molar-refractivity contribution in [2.45, 2.75) is 45.1 Å². The molecule has 0 aromatic heterocycles. The fourth-order valence-corrected chi connectivity index (χ4v) is 2.52. The Morgan fingerprint density at radius 3 is 2.82 bits per heavy atom. The summed E-state index contributed by atoms with van der Waals surface area (Å²) in [6.45, 7) is 3.99. The van der Waals surface area contributed by atoms with E-state index < -0.39 is 0 Å². The first kappa shape index (κ1) is 14.5. The molecule has 1 aliphatic carbocycles. The monoisotopic (exact) mass is 242 g/mol. The van der Waals surface area contributed by atoms with Crippen molar-refractivity contribution in [2.75, 3.05) is 26.8 Å². The van der Waals surface area contributed by atoms with E-state index in [0.717, 1.165) is 13.0 Å². The Morgan fingerprint density at radius 1 is 1.35 bits per heavy atom. The van der Waals surface area contributed by atoms with E-state index in [1.165, 1.54) is 25.7 Å². The van der Waals surface area contributed by atoms with E-state index >= 15 is 0 Å². The summed E-state index contributed by atoms with van der Waals surface area (Å²) in [7, 11) is 1.66. The maximum Gasteiger partial charge on any atom is 0.234 e. The zero-order valence-corrected chi connectivity index (χ0v) is 11.1. The predicted octanol–water partition coefficient (Wildman–Crippen LogP) is 1.31. The number of hydrogen-bond acceptors (Lipinski definition) is 3. The molecular weight excluding hydrogens is 216 g/mol. The van der Waals surface area contributed by atoms with Crippen LogP contribution in [0.3, 0.4) is 0 Å². The molecule has 17 heavy (non-hydrogen) atoms. The maximum absolute atomic E-state index is 11.7. The molecule has 0 heterocycles. The van der Waals surface area contributed by atoms with Gasteiger partial charge >= 0.3 is 0 Å². The first-order valence-electron chi connectivity index (χ1n) is 6.77. The average molecular weight is 242 g/mol. The van der Waals surface area contributed by atoms with Gasteiger partial charge in [-0.3, -0.25) is 4.79 Å². The molecule has 0 saturated heterocycles. The first-order valence-corrected chi connectivity index (χ1v) is 6.77. The molecule has 100 valence electrons. The smallest absolute Gasteiger partial charge is 0.234 e. The minimum Gasteiger partial charge on any atom is -0.383 e. The fraction of sp³-hybridized carbons (Fsp3) is 0.923. The Bertz CT molecular complexity index is 221. The molecule has 2 unspecified atom stereocenters. The van der Waals surface area contributed by atoms with E-state index in [2.05, 4.69) is 17.6 Å². The summed E-state index contributed by atoms with van der Waals surface area (Å²) < 4.78 is 4.91. The zero-order chi connectivity index (χ0) is 12.5. The van der Waals surface area contributed by atoms with Crippen LogP contribution in [0, 0.1) is 5.92 Å². The SMILES string of the molecule is CCC1CCCCC1NC(=O)CNCCOC. The second kappa shape index (κ2) is 8.48. The van der Waals surface area contributed by atoms with Crippen LogP contribution < -0.4 is 10.6 Å². The van der Waals surface area contributed by atoms with Gasteiger partial charge in [0.25, 0.3) is 0 Å². The number of hydrogen-bond donors (Lipinski definition) is 2. The number of ether oxygens (including phenoxy) is 1. The molecule has 0 spiro atoms. The van der Waals surface area contributed by atoms with Crippen molar-refractivity contribution >= 4 is 5.91 Å². The minimum absolute atomic E-state index is 0.117. The number of nitrogens with one attached hydrogen (secondary N) is 2. The summed E-state index contributed by atoms with van der Waals surface area (Å²) in [6, 6.07) is 0.394. The van der Waals surface area contributed by atoms with Crippen LogP contribution in [0.5, 0.6) is 0 Å². The normalized spacial score (nSPS) is 24.6. The van der Waals surface area contributed by atoms with Gasteiger partial charge < -0.3 is 15.4 Å². The van der Waals surface area contributed by atoms with E-state index in [1.807, 2.05) is 0 Å². The third-order valence-electron chi connectivity index (χ3n) is 3.55. The number of rotatable bonds is 7. The third kappa shape index (κ3) is 5.50. The number of amides is 1. The Morgan fingerprint density at radius 2 is 2.12 bits per heavy atom. The molecule has 1 fully saturated rings. The summed E-state index contributed by atoms with van der Waals surface area (Å²) in [6.07, 6.45) is 6.14. The van der Waals surface area contributed by atoms with E-state index in [0.29, 0.717) is 25.1 Å². The van der Waals surface area contributed by atoms with Crippen LogP contribution in [-0.2, 0) is 9.53 Å². The quantitative estimate of drug-likeness (QED) is 0.662. The van der Waals surface area contributed by atoms with Gasteiger partial charge in [-0.2, -0.15) is 0 Å². The van der Waals surface area contributed by atoms with Crippen LogP contribution in [-0.4, -0.2) is 38.8 Å². The Balaban J connectivity index is 2.19. The maximum atomic E-state index is 11.7. The van der Waals surface area contributed by atoms with Gasteiger partial charge in [0.1, 0.15) is 0 Å². The molecule has 1 rings (SSSR count). The van der Waals surface area contributed by atoms with Gasteiger partial charge in [0.2, 0.25) is 5.91 Å². The molecule has 2 N–H and O–H groups in total. The van der Waals surface area contributed by atoms with Gasteiger partial charge in [-0.1, -0.05) is 26.2 Å². The van der Waals surface area contributed by atoms with Crippen molar-refractivity contribution in [1.29, 1.82) is 0 Å². The van der Waals surface area contributed by atoms with Crippen LogP contribution in [0.4, 0.5) is 0 Å². The standard InChI is InChI=1S/C13H26N2O2/c1-3-11-6-4-5-7-12(11)15-13(16)10-14-8-9-17-2/h11-12,14H,3-10H2,1-2H3,(H,15,16). The molecule has 1 saturated carbocycles. The van der Waals surface area contributed by atoms with Gasteiger partial charge in [-0.15, -0.1) is 0 Å². The molecular formula is C13H26N2O2. The molecule has 0 aliphatic heterocycles. The topological polar surface area (TPSA) is 50.4 Å². The summed E-state index contributed by atoms with van der Waals surface area (Å²) in [5.41, 5.74) is 0. The highest BCUT2D eigenvalue weighted by Crippen LogP contribution is 2.26. The summed E-state index contributed by atoms with van der Waals surface area (Å²) in [5, 5.41) is 6.23. The highest BCUT2D eigenvalue weighted by atomic mass is 16.5. The van der Waals surface area contributed by atoms with Gasteiger partial charge in [-0.05, 0) is 18.8 Å².